The van der Waals surface area contributed by atoms with Gasteiger partial charge in [-0.3, -0.25) is 19.2 Å². The molecule has 10 heteroatoms. The SMILES string of the molecule is COc1cccc(-c2ccc(=O)n(CC(=O)NCCNC(=O)c3ccc(NC(=O)C(C)(C)C)cc3)n2)c1. The fourth-order valence-corrected chi connectivity index (χ4v) is 3.19. The summed E-state index contributed by atoms with van der Waals surface area (Å²) in [7, 11) is 1.56. The van der Waals surface area contributed by atoms with Gasteiger partial charge in [0.15, 0.2) is 0 Å². The van der Waals surface area contributed by atoms with Gasteiger partial charge in [-0.2, -0.15) is 5.10 Å². The summed E-state index contributed by atoms with van der Waals surface area (Å²) in [6, 6.07) is 16.7. The summed E-state index contributed by atoms with van der Waals surface area (Å²) >= 11 is 0. The second-order valence-corrected chi connectivity index (χ2v) is 9.33. The van der Waals surface area contributed by atoms with Gasteiger partial charge in [0.2, 0.25) is 11.8 Å². The van der Waals surface area contributed by atoms with Gasteiger partial charge in [-0.1, -0.05) is 32.9 Å². The minimum Gasteiger partial charge on any atom is -0.497 e. The van der Waals surface area contributed by atoms with Gasteiger partial charge in [0.1, 0.15) is 12.3 Å². The molecule has 1 aromatic heterocycles. The van der Waals surface area contributed by atoms with Crippen LogP contribution in [0.3, 0.4) is 0 Å². The fourth-order valence-electron chi connectivity index (χ4n) is 3.19. The van der Waals surface area contributed by atoms with Crippen molar-refractivity contribution in [3.8, 4) is 17.0 Å². The number of aromatic nitrogens is 2. The lowest BCUT2D eigenvalue weighted by Gasteiger charge is -2.17. The first-order valence-electron chi connectivity index (χ1n) is 11.8. The van der Waals surface area contributed by atoms with Gasteiger partial charge in [0.05, 0.1) is 12.8 Å². The second-order valence-electron chi connectivity index (χ2n) is 9.33. The summed E-state index contributed by atoms with van der Waals surface area (Å²) < 4.78 is 6.31. The smallest absolute Gasteiger partial charge is 0.267 e. The molecule has 10 nitrogen and oxygen atoms in total. The first-order valence-corrected chi connectivity index (χ1v) is 11.8. The Labute approximate surface area is 215 Å². The maximum Gasteiger partial charge on any atom is 0.267 e. The maximum atomic E-state index is 12.4. The van der Waals surface area contributed by atoms with E-state index in [9.17, 15) is 19.2 Å². The number of anilines is 1. The zero-order valence-electron chi connectivity index (χ0n) is 21.3. The van der Waals surface area contributed by atoms with Crippen molar-refractivity contribution in [1.82, 2.24) is 20.4 Å². The third-order valence-electron chi connectivity index (χ3n) is 5.34. The number of nitrogens with one attached hydrogen (secondary N) is 3. The molecule has 0 spiro atoms. The number of methoxy groups -OCH3 is 1. The molecular weight excluding hydrogens is 474 g/mol. The first kappa shape index (κ1) is 27.1. The molecule has 3 N–H and O–H groups in total. The van der Waals surface area contributed by atoms with E-state index in [1.165, 1.54) is 6.07 Å². The van der Waals surface area contributed by atoms with E-state index in [0.29, 0.717) is 22.7 Å². The lowest BCUT2D eigenvalue weighted by Crippen LogP contribution is -2.38. The highest BCUT2D eigenvalue weighted by atomic mass is 16.5. The number of nitrogens with zero attached hydrogens (tertiary/aromatic N) is 2. The summed E-state index contributed by atoms with van der Waals surface area (Å²) in [5, 5.41) is 12.5. The molecule has 3 aromatic rings. The van der Waals surface area contributed by atoms with Crippen LogP contribution in [0.2, 0.25) is 0 Å². The number of carbonyl (C=O) groups is 3. The van der Waals surface area contributed by atoms with Crippen LogP contribution in [0.4, 0.5) is 5.69 Å². The Kier molecular flexibility index (Phi) is 8.78. The molecule has 0 aliphatic rings. The Morgan fingerprint density at radius 1 is 0.946 bits per heavy atom. The molecule has 1 heterocycles. The molecule has 0 unspecified atom stereocenters. The van der Waals surface area contributed by atoms with Crippen molar-refractivity contribution < 1.29 is 19.1 Å². The van der Waals surface area contributed by atoms with Crippen LogP contribution in [0, 0.1) is 5.41 Å². The van der Waals surface area contributed by atoms with Crippen LogP contribution in [-0.2, 0) is 16.1 Å². The molecule has 0 aliphatic heterocycles. The van der Waals surface area contributed by atoms with Crippen LogP contribution in [0.15, 0.2) is 65.5 Å². The quantitative estimate of drug-likeness (QED) is 0.383. The number of benzene rings is 2. The van der Waals surface area contributed by atoms with E-state index in [1.54, 1.807) is 49.6 Å². The molecule has 0 radical (unpaired) electrons. The number of ether oxygens (including phenoxy) is 1. The Hall–Kier alpha value is -4.47. The summed E-state index contributed by atoms with van der Waals surface area (Å²) in [6.07, 6.45) is 0. The fraction of sp³-hybridized carbons (Fsp3) is 0.296. The standard InChI is InChI=1S/C27H31N5O5/c1-27(2,3)26(36)30-20-10-8-18(9-11-20)25(35)29-15-14-28-23(33)17-32-24(34)13-12-22(31-32)19-6-5-7-21(16-19)37-4/h5-13,16H,14-15,17H2,1-4H3,(H,28,33)(H,29,35)(H,30,36). The third-order valence-corrected chi connectivity index (χ3v) is 5.34. The van der Waals surface area contributed by atoms with Crippen LogP contribution >= 0.6 is 0 Å². The number of hydrogen-bond acceptors (Lipinski definition) is 6. The Morgan fingerprint density at radius 3 is 2.32 bits per heavy atom. The van der Waals surface area contributed by atoms with Gasteiger partial charge in [-0.25, -0.2) is 4.68 Å². The highest BCUT2D eigenvalue weighted by Gasteiger charge is 2.21. The second kappa shape index (κ2) is 12.0. The van der Waals surface area contributed by atoms with Crippen LogP contribution in [0.1, 0.15) is 31.1 Å². The molecule has 0 fully saturated rings. The Morgan fingerprint density at radius 2 is 1.65 bits per heavy atom. The number of hydrogen-bond donors (Lipinski definition) is 3. The highest BCUT2D eigenvalue weighted by molar-refractivity contribution is 5.97. The van der Waals surface area contributed by atoms with E-state index in [1.807, 2.05) is 32.9 Å². The van der Waals surface area contributed by atoms with Gasteiger partial charge in [0, 0.05) is 41.4 Å². The van der Waals surface area contributed by atoms with Crippen LogP contribution in [0.5, 0.6) is 5.75 Å². The summed E-state index contributed by atoms with van der Waals surface area (Å²) in [5.41, 5.74) is 1.37. The zero-order valence-corrected chi connectivity index (χ0v) is 21.3. The van der Waals surface area contributed by atoms with E-state index in [4.69, 9.17) is 4.74 Å². The molecule has 3 amide bonds. The van der Waals surface area contributed by atoms with E-state index >= 15 is 0 Å². The van der Waals surface area contributed by atoms with Crippen LogP contribution in [-0.4, -0.2) is 47.7 Å². The predicted molar refractivity (Wildman–Crippen MR) is 140 cm³/mol. The van der Waals surface area contributed by atoms with Gasteiger partial charge in [-0.05, 0) is 42.5 Å². The van der Waals surface area contributed by atoms with Crippen molar-refractivity contribution in [3.05, 3.63) is 76.6 Å². The van der Waals surface area contributed by atoms with Gasteiger partial charge < -0.3 is 20.7 Å². The average Bonchev–Trinajstić information content (AvgIpc) is 2.87. The monoisotopic (exact) mass is 505 g/mol. The average molecular weight is 506 g/mol. The molecule has 0 aliphatic carbocycles. The molecular formula is C27H31N5O5. The molecule has 0 saturated carbocycles. The topological polar surface area (TPSA) is 131 Å². The summed E-state index contributed by atoms with van der Waals surface area (Å²) in [4.78, 5) is 49.0. The zero-order chi connectivity index (χ0) is 27.0. The molecule has 0 bridgehead atoms. The number of carbonyl (C=O) groups excluding carboxylic acids is 3. The number of rotatable bonds is 9. The van der Waals surface area contributed by atoms with Gasteiger partial charge in [0.25, 0.3) is 11.5 Å². The van der Waals surface area contributed by atoms with Crippen molar-refractivity contribution >= 4 is 23.4 Å². The van der Waals surface area contributed by atoms with Crippen molar-refractivity contribution in [3.63, 3.8) is 0 Å². The molecule has 0 saturated heterocycles. The summed E-state index contributed by atoms with van der Waals surface area (Å²) in [6.45, 7) is 5.56. The van der Waals surface area contributed by atoms with Crippen molar-refractivity contribution in [2.24, 2.45) is 5.41 Å². The van der Waals surface area contributed by atoms with E-state index < -0.39 is 16.9 Å². The molecule has 37 heavy (non-hydrogen) atoms. The van der Waals surface area contributed by atoms with Gasteiger partial charge in [-0.15, -0.1) is 0 Å². The molecule has 194 valence electrons. The van der Waals surface area contributed by atoms with Crippen molar-refractivity contribution in [2.45, 2.75) is 27.3 Å². The van der Waals surface area contributed by atoms with Crippen molar-refractivity contribution in [1.29, 1.82) is 0 Å². The lowest BCUT2D eigenvalue weighted by molar-refractivity contribution is -0.123. The van der Waals surface area contributed by atoms with E-state index in [-0.39, 0.29) is 31.4 Å². The minimum absolute atomic E-state index is 0.120. The predicted octanol–water partition coefficient (Wildman–Crippen LogP) is 2.45. The number of amides is 3. The Balaban J connectivity index is 1.48. The van der Waals surface area contributed by atoms with E-state index in [0.717, 1.165) is 10.2 Å². The van der Waals surface area contributed by atoms with Crippen LogP contribution < -0.4 is 26.2 Å². The lowest BCUT2D eigenvalue weighted by atomic mass is 9.95. The third kappa shape index (κ3) is 7.76. The Bertz CT molecular complexity index is 1330. The van der Waals surface area contributed by atoms with Crippen molar-refractivity contribution in [2.75, 3.05) is 25.5 Å². The largest absolute Gasteiger partial charge is 0.497 e. The molecule has 3 rings (SSSR count). The normalized spacial score (nSPS) is 10.9. The summed E-state index contributed by atoms with van der Waals surface area (Å²) in [5.74, 6) is -0.192. The van der Waals surface area contributed by atoms with Crippen LogP contribution in [0.25, 0.3) is 11.3 Å². The van der Waals surface area contributed by atoms with E-state index in [2.05, 4.69) is 21.0 Å². The molecule has 2 aromatic carbocycles. The van der Waals surface area contributed by atoms with Gasteiger partial charge >= 0.3 is 0 Å². The molecule has 0 atom stereocenters. The minimum atomic E-state index is -0.525. The first-order chi connectivity index (χ1) is 17.6. The maximum absolute atomic E-state index is 12.4. The highest BCUT2D eigenvalue weighted by Crippen LogP contribution is 2.21.